The summed E-state index contributed by atoms with van der Waals surface area (Å²) in [6.07, 6.45) is 3.97. The van der Waals surface area contributed by atoms with E-state index in [1.165, 1.54) is 12.8 Å². The van der Waals surface area contributed by atoms with Crippen LogP contribution < -0.4 is 11.1 Å². The maximum absolute atomic E-state index is 9.24. The Hall–Kier alpha value is -0.120. The molecule has 11 heavy (non-hydrogen) atoms. The lowest BCUT2D eigenvalue weighted by atomic mass is 10.2. The number of hydrogen-bond acceptors (Lipinski definition) is 3. The van der Waals surface area contributed by atoms with Crippen molar-refractivity contribution in [2.24, 2.45) is 5.73 Å². The van der Waals surface area contributed by atoms with Gasteiger partial charge in [-0.05, 0) is 12.8 Å². The third kappa shape index (κ3) is 7.78. The maximum atomic E-state index is 9.24. The molecule has 3 nitrogen and oxygen atoms in total. The van der Waals surface area contributed by atoms with E-state index in [2.05, 4.69) is 12.2 Å². The first kappa shape index (κ1) is 10.9. The van der Waals surface area contributed by atoms with Gasteiger partial charge in [0.05, 0.1) is 0 Å². The molecule has 0 radical (unpaired) electrons. The van der Waals surface area contributed by atoms with Crippen LogP contribution in [0.25, 0.3) is 0 Å². The van der Waals surface area contributed by atoms with Crippen LogP contribution >= 0.6 is 0 Å². The first-order valence-electron chi connectivity index (χ1n) is 4.42. The summed E-state index contributed by atoms with van der Waals surface area (Å²) in [6.45, 7) is 3.44. The van der Waals surface area contributed by atoms with Crippen LogP contribution in [0.5, 0.6) is 0 Å². The van der Waals surface area contributed by atoms with Crippen molar-refractivity contribution in [3.05, 3.63) is 0 Å². The van der Waals surface area contributed by atoms with Crippen molar-refractivity contribution in [3.63, 3.8) is 0 Å². The number of aliphatic hydroxyl groups excluding tert-OH is 1. The molecule has 0 fully saturated rings. The summed E-state index contributed by atoms with van der Waals surface area (Å²) in [5.41, 5.74) is 5.26. The minimum atomic E-state index is -0.356. The summed E-state index contributed by atoms with van der Waals surface area (Å²) in [5, 5.41) is 12.2. The monoisotopic (exact) mass is 160 g/mol. The highest BCUT2D eigenvalue weighted by atomic mass is 16.3. The van der Waals surface area contributed by atoms with Gasteiger partial charge in [0, 0.05) is 13.1 Å². The standard InChI is InChI=1S/C8H20N2O/c1-2-3-4-5-8(11)10-7-6-9/h8,10-11H,2-7,9H2,1H3. The van der Waals surface area contributed by atoms with E-state index in [-0.39, 0.29) is 6.23 Å². The Morgan fingerprint density at radius 1 is 1.45 bits per heavy atom. The van der Waals surface area contributed by atoms with E-state index in [4.69, 9.17) is 5.73 Å². The molecular weight excluding hydrogens is 140 g/mol. The van der Waals surface area contributed by atoms with Crippen molar-refractivity contribution in [1.29, 1.82) is 0 Å². The summed E-state index contributed by atoms with van der Waals surface area (Å²) < 4.78 is 0. The average Bonchev–Trinajstić information content (AvgIpc) is 2.01. The van der Waals surface area contributed by atoms with Gasteiger partial charge < -0.3 is 10.8 Å². The lowest BCUT2D eigenvalue weighted by molar-refractivity contribution is 0.126. The van der Waals surface area contributed by atoms with E-state index in [9.17, 15) is 5.11 Å². The van der Waals surface area contributed by atoms with Crippen molar-refractivity contribution in [3.8, 4) is 0 Å². The zero-order chi connectivity index (χ0) is 8.53. The average molecular weight is 160 g/mol. The number of nitrogens with two attached hydrogens (primary N) is 1. The van der Waals surface area contributed by atoms with Gasteiger partial charge in [-0.3, -0.25) is 5.32 Å². The molecule has 0 aliphatic carbocycles. The highest BCUT2D eigenvalue weighted by molar-refractivity contribution is 4.53. The Labute approximate surface area is 69.0 Å². The Balaban J connectivity index is 3.02. The lowest BCUT2D eigenvalue weighted by Gasteiger charge is -2.10. The fourth-order valence-electron chi connectivity index (χ4n) is 0.940. The number of aliphatic hydroxyl groups is 1. The Morgan fingerprint density at radius 2 is 2.18 bits per heavy atom. The molecule has 0 aromatic rings. The minimum absolute atomic E-state index is 0.356. The van der Waals surface area contributed by atoms with E-state index in [0.29, 0.717) is 13.1 Å². The second-order valence-electron chi connectivity index (χ2n) is 2.75. The molecule has 0 saturated carbocycles. The molecule has 0 spiro atoms. The van der Waals surface area contributed by atoms with Gasteiger partial charge in [0.15, 0.2) is 0 Å². The van der Waals surface area contributed by atoms with Gasteiger partial charge in [0.25, 0.3) is 0 Å². The summed E-state index contributed by atoms with van der Waals surface area (Å²) >= 11 is 0. The van der Waals surface area contributed by atoms with Crippen molar-refractivity contribution in [2.75, 3.05) is 13.1 Å². The minimum Gasteiger partial charge on any atom is -0.379 e. The van der Waals surface area contributed by atoms with Crippen LogP contribution in [-0.2, 0) is 0 Å². The summed E-state index contributed by atoms with van der Waals surface area (Å²) in [7, 11) is 0. The van der Waals surface area contributed by atoms with E-state index >= 15 is 0 Å². The normalized spacial score (nSPS) is 13.4. The number of rotatable bonds is 7. The van der Waals surface area contributed by atoms with Crippen LogP contribution in [0.3, 0.4) is 0 Å². The molecule has 0 heterocycles. The van der Waals surface area contributed by atoms with Gasteiger partial charge in [-0.1, -0.05) is 19.8 Å². The molecule has 3 heteroatoms. The van der Waals surface area contributed by atoms with Gasteiger partial charge in [0.1, 0.15) is 6.23 Å². The highest BCUT2D eigenvalue weighted by Crippen LogP contribution is 2.00. The molecule has 68 valence electrons. The molecule has 0 amide bonds. The lowest BCUT2D eigenvalue weighted by Crippen LogP contribution is -2.32. The van der Waals surface area contributed by atoms with Crippen LogP contribution in [0.1, 0.15) is 32.6 Å². The van der Waals surface area contributed by atoms with Gasteiger partial charge >= 0.3 is 0 Å². The summed E-state index contributed by atoms with van der Waals surface area (Å²) in [5.74, 6) is 0. The molecule has 0 aliphatic rings. The molecule has 0 saturated heterocycles. The van der Waals surface area contributed by atoms with E-state index in [1.54, 1.807) is 0 Å². The third-order valence-corrected chi connectivity index (χ3v) is 1.61. The Kier molecular flexibility index (Phi) is 7.89. The van der Waals surface area contributed by atoms with E-state index in [1.807, 2.05) is 0 Å². The maximum Gasteiger partial charge on any atom is 0.104 e. The summed E-state index contributed by atoms with van der Waals surface area (Å²) in [4.78, 5) is 0. The highest BCUT2D eigenvalue weighted by Gasteiger charge is 1.99. The molecule has 1 unspecified atom stereocenters. The SMILES string of the molecule is CCCCCC(O)NCCN. The fraction of sp³-hybridized carbons (Fsp3) is 1.00. The van der Waals surface area contributed by atoms with Crippen LogP contribution in [0.2, 0.25) is 0 Å². The molecule has 0 aromatic heterocycles. The topological polar surface area (TPSA) is 58.3 Å². The largest absolute Gasteiger partial charge is 0.379 e. The molecular formula is C8H20N2O. The predicted molar refractivity (Wildman–Crippen MR) is 47.2 cm³/mol. The van der Waals surface area contributed by atoms with Gasteiger partial charge in [-0.25, -0.2) is 0 Å². The van der Waals surface area contributed by atoms with Crippen LogP contribution in [-0.4, -0.2) is 24.4 Å². The molecule has 1 atom stereocenters. The van der Waals surface area contributed by atoms with Crippen molar-refractivity contribution in [1.82, 2.24) is 5.32 Å². The first-order valence-corrected chi connectivity index (χ1v) is 4.42. The van der Waals surface area contributed by atoms with Gasteiger partial charge in [0.2, 0.25) is 0 Å². The predicted octanol–water partition coefficient (Wildman–Crippen LogP) is 0.433. The Morgan fingerprint density at radius 3 is 2.73 bits per heavy atom. The molecule has 0 bridgehead atoms. The smallest absolute Gasteiger partial charge is 0.104 e. The summed E-state index contributed by atoms with van der Waals surface area (Å²) in [6, 6.07) is 0. The van der Waals surface area contributed by atoms with Gasteiger partial charge in [-0.2, -0.15) is 0 Å². The third-order valence-electron chi connectivity index (χ3n) is 1.61. The fourth-order valence-corrected chi connectivity index (χ4v) is 0.940. The van der Waals surface area contributed by atoms with Crippen molar-refractivity contribution in [2.45, 2.75) is 38.8 Å². The quantitative estimate of drug-likeness (QED) is 0.374. The zero-order valence-electron chi connectivity index (χ0n) is 7.34. The number of unbranched alkanes of at least 4 members (excludes halogenated alkanes) is 2. The van der Waals surface area contributed by atoms with Gasteiger partial charge in [-0.15, -0.1) is 0 Å². The Bertz CT molecular complexity index is 78.5. The van der Waals surface area contributed by atoms with E-state index in [0.717, 1.165) is 12.8 Å². The van der Waals surface area contributed by atoms with E-state index < -0.39 is 0 Å². The van der Waals surface area contributed by atoms with Crippen molar-refractivity contribution >= 4 is 0 Å². The number of nitrogens with one attached hydrogen (secondary N) is 1. The molecule has 0 rings (SSSR count). The van der Waals surface area contributed by atoms with Crippen molar-refractivity contribution < 1.29 is 5.11 Å². The molecule has 0 aliphatic heterocycles. The van der Waals surface area contributed by atoms with Crippen LogP contribution in [0.15, 0.2) is 0 Å². The number of hydrogen-bond donors (Lipinski definition) is 3. The molecule has 4 N–H and O–H groups in total. The van der Waals surface area contributed by atoms with Crippen LogP contribution in [0.4, 0.5) is 0 Å². The second-order valence-corrected chi connectivity index (χ2v) is 2.75. The van der Waals surface area contributed by atoms with Crippen LogP contribution in [0, 0.1) is 0 Å². The molecule has 0 aromatic carbocycles. The second kappa shape index (κ2) is 7.98. The first-order chi connectivity index (χ1) is 5.31. The zero-order valence-corrected chi connectivity index (χ0v) is 7.34.